The van der Waals surface area contributed by atoms with Crippen molar-refractivity contribution in [2.75, 3.05) is 0 Å². The van der Waals surface area contributed by atoms with E-state index in [1.165, 1.54) is 19.2 Å². The van der Waals surface area contributed by atoms with Gasteiger partial charge in [0.1, 0.15) is 17.6 Å². The van der Waals surface area contributed by atoms with Crippen molar-refractivity contribution in [1.82, 2.24) is 9.97 Å². The Hall–Kier alpha value is -0.830. The van der Waals surface area contributed by atoms with E-state index in [2.05, 4.69) is 23.8 Å². The minimum Gasteiger partial charge on any atom is -0.474 e. The molecule has 4 heteroatoms. The molecule has 0 N–H and O–H groups in total. The maximum Gasteiger partial charge on any atom is 0.221 e. The highest BCUT2D eigenvalue weighted by Crippen LogP contribution is 2.37. The molecule has 0 radical (unpaired) electrons. The molecule has 18 heavy (non-hydrogen) atoms. The van der Waals surface area contributed by atoms with Crippen molar-refractivity contribution >= 4 is 11.6 Å². The van der Waals surface area contributed by atoms with E-state index in [0.29, 0.717) is 16.4 Å². The largest absolute Gasteiger partial charge is 0.474 e. The van der Waals surface area contributed by atoms with Crippen LogP contribution in [0.5, 0.6) is 5.88 Å². The predicted octanol–water partition coefficient (Wildman–Crippen LogP) is 4.04. The fourth-order valence-corrected chi connectivity index (χ4v) is 2.68. The molecule has 100 valence electrons. The molecule has 1 saturated carbocycles. The van der Waals surface area contributed by atoms with E-state index >= 15 is 0 Å². The average molecular weight is 269 g/mol. The highest BCUT2D eigenvalue weighted by atomic mass is 35.5. The number of hydrogen-bond donors (Lipinski definition) is 0. The second kappa shape index (κ2) is 5.43. The van der Waals surface area contributed by atoms with Crippen LogP contribution in [0, 0.1) is 5.41 Å². The Balaban J connectivity index is 2.04. The van der Waals surface area contributed by atoms with Gasteiger partial charge in [-0.15, -0.1) is 0 Å². The van der Waals surface area contributed by atoms with Crippen LogP contribution >= 0.6 is 11.6 Å². The number of halogens is 1. The monoisotopic (exact) mass is 268 g/mol. The van der Waals surface area contributed by atoms with Crippen LogP contribution in [0.1, 0.15) is 52.0 Å². The third kappa shape index (κ3) is 3.14. The third-order valence-electron chi connectivity index (χ3n) is 3.77. The van der Waals surface area contributed by atoms with Crippen molar-refractivity contribution in [3.63, 3.8) is 0 Å². The molecule has 0 unspecified atom stereocenters. The molecule has 2 rings (SSSR count). The van der Waals surface area contributed by atoms with Crippen molar-refractivity contribution in [3.8, 4) is 5.88 Å². The standard InChI is InChI=1S/C14H21ClN2O/c1-4-11-12(15)16-9-17-13(11)18-10-5-7-14(2,3)8-6-10/h9-10H,4-8H2,1-3H3. The van der Waals surface area contributed by atoms with Gasteiger partial charge in [0.05, 0.1) is 5.56 Å². The van der Waals surface area contributed by atoms with E-state index in [9.17, 15) is 0 Å². The van der Waals surface area contributed by atoms with Crippen molar-refractivity contribution in [1.29, 1.82) is 0 Å². The fourth-order valence-electron chi connectivity index (χ4n) is 2.42. The Morgan fingerprint density at radius 2 is 2.00 bits per heavy atom. The van der Waals surface area contributed by atoms with Crippen LogP contribution in [0.2, 0.25) is 5.15 Å². The van der Waals surface area contributed by atoms with Gasteiger partial charge in [0.25, 0.3) is 0 Å². The Labute approximate surface area is 114 Å². The molecular weight excluding hydrogens is 248 g/mol. The molecule has 0 bridgehead atoms. The summed E-state index contributed by atoms with van der Waals surface area (Å²) in [6.07, 6.45) is 7.15. The lowest BCUT2D eigenvalue weighted by Gasteiger charge is -2.34. The lowest BCUT2D eigenvalue weighted by Crippen LogP contribution is -2.29. The molecule has 1 fully saturated rings. The molecule has 1 aromatic rings. The first-order valence-electron chi connectivity index (χ1n) is 6.68. The van der Waals surface area contributed by atoms with Crippen LogP contribution in [0.25, 0.3) is 0 Å². The summed E-state index contributed by atoms with van der Waals surface area (Å²) in [6.45, 7) is 6.69. The maximum absolute atomic E-state index is 6.06. The predicted molar refractivity (Wildman–Crippen MR) is 73.1 cm³/mol. The summed E-state index contributed by atoms with van der Waals surface area (Å²) in [5.74, 6) is 0.669. The molecule has 1 aromatic heterocycles. The fraction of sp³-hybridized carbons (Fsp3) is 0.714. The van der Waals surface area contributed by atoms with Gasteiger partial charge in [-0.25, -0.2) is 9.97 Å². The SMILES string of the molecule is CCc1c(Cl)ncnc1OC1CCC(C)(C)CC1. The summed E-state index contributed by atoms with van der Waals surface area (Å²) in [6, 6.07) is 0. The molecule has 3 nitrogen and oxygen atoms in total. The highest BCUT2D eigenvalue weighted by Gasteiger charge is 2.28. The first kappa shape index (κ1) is 13.6. The Bertz CT molecular complexity index is 410. The lowest BCUT2D eigenvalue weighted by molar-refractivity contribution is 0.0939. The molecule has 0 atom stereocenters. The van der Waals surface area contributed by atoms with Crippen molar-refractivity contribution in [3.05, 3.63) is 17.0 Å². The number of aromatic nitrogens is 2. The zero-order valence-electron chi connectivity index (χ0n) is 11.4. The minimum absolute atomic E-state index is 0.272. The van der Waals surface area contributed by atoms with Gasteiger partial charge in [-0.3, -0.25) is 0 Å². The number of hydrogen-bond acceptors (Lipinski definition) is 3. The molecule has 1 aliphatic carbocycles. The van der Waals surface area contributed by atoms with Gasteiger partial charge in [0, 0.05) is 0 Å². The summed E-state index contributed by atoms with van der Waals surface area (Å²) in [5.41, 5.74) is 1.38. The van der Waals surface area contributed by atoms with Crippen LogP contribution in [-0.2, 0) is 6.42 Å². The van der Waals surface area contributed by atoms with Gasteiger partial charge in [-0.1, -0.05) is 32.4 Å². The van der Waals surface area contributed by atoms with E-state index in [-0.39, 0.29) is 6.10 Å². The second-order valence-electron chi connectivity index (χ2n) is 5.78. The normalized spacial score (nSPS) is 19.8. The topological polar surface area (TPSA) is 35.0 Å². The van der Waals surface area contributed by atoms with E-state index in [1.807, 2.05) is 6.92 Å². The van der Waals surface area contributed by atoms with Gasteiger partial charge >= 0.3 is 0 Å². The Kier molecular flexibility index (Phi) is 4.10. The van der Waals surface area contributed by atoms with E-state index in [1.54, 1.807) is 0 Å². The van der Waals surface area contributed by atoms with Crippen molar-refractivity contribution < 1.29 is 4.74 Å². The molecule has 0 aliphatic heterocycles. The molecule has 0 aromatic carbocycles. The van der Waals surface area contributed by atoms with E-state index < -0.39 is 0 Å². The molecule has 1 aliphatic rings. The van der Waals surface area contributed by atoms with Gasteiger partial charge in [0.2, 0.25) is 5.88 Å². The van der Waals surface area contributed by atoms with Gasteiger partial charge in [-0.05, 0) is 37.5 Å². The highest BCUT2D eigenvalue weighted by molar-refractivity contribution is 6.30. The van der Waals surface area contributed by atoms with Gasteiger partial charge < -0.3 is 4.74 Å². The zero-order chi connectivity index (χ0) is 13.2. The van der Waals surface area contributed by atoms with Crippen LogP contribution < -0.4 is 4.74 Å². The van der Waals surface area contributed by atoms with Crippen LogP contribution in [-0.4, -0.2) is 16.1 Å². The van der Waals surface area contributed by atoms with Crippen molar-refractivity contribution in [2.45, 2.75) is 59.0 Å². The Morgan fingerprint density at radius 1 is 1.33 bits per heavy atom. The third-order valence-corrected chi connectivity index (χ3v) is 4.10. The number of nitrogens with zero attached hydrogens (tertiary/aromatic N) is 2. The van der Waals surface area contributed by atoms with Crippen LogP contribution in [0.3, 0.4) is 0 Å². The van der Waals surface area contributed by atoms with Crippen LogP contribution in [0.15, 0.2) is 6.33 Å². The average Bonchev–Trinajstić information content (AvgIpc) is 2.32. The van der Waals surface area contributed by atoms with Gasteiger partial charge in [-0.2, -0.15) is 0 Å². The van der Waals surface area contributed by atoms with E-state index in [4.69, 9.17) is 16.3 Å². The maximum atomic E-state index is 6.06. The second-order valence-corrected chi connectivity index (χ2v) is 6.14. The first-order valence-corrected chi connectivity index (χ1v) is 7.05. The quantitative estimate of drug-likeness (QED) is 0.776. The number of ether oxygens (including phenoxy) is 1. The zero-order valence-corrected chi connectivity index (χ0v) is 12.1. The summed E-state index contributed by atoms with van der Waals surface area (Å²) in [7, 11) is 0. The molecule has 0 amide bonds. The Morgan fingerprint density at radius 3 is 2.61 bits per heavy atom. The lowest BCUT2D eigenvalue weighted by atomic mass is 9.76. The van der Waals surface area contributed by atoms with Crippen molar-refractivity contribution in [2.24, 2.45) is 5.41 Å². The smallest absolute Gasteiger partial charge is 0.221 e. The first-order chi connectivity index (χ1) is 8.52. The molecular formula is C14H21ClN2O. The molecule has 1 heterocycles. The molecule has 0 spiro atoms. The van der Waals surface area contributed by atoms with E-state index in [0.717, 1.165) is 24.8 Å². The summed E-state index contributed by atoms with van der Waals surface area (Å²) < 4.78 is 6.02. The summed E-state index contributed by atoms with van der Waals surface area (Å²) in [5, 5.41) is 0.513. The van der Waals surface area contributed by atoms with Gasteiger partial charge in [0.15, 0.2) is 0 Å². The minimum atomic E-state index is 0.272. The summed E-state index contributed by atoms with van der Waals surface area (Å²) >= 11 is 6.06. The summed E-state index contributed by atoms with van der Waals surface area (Å²) in [4.78, 5) is 8.22. The molecule has 0 saturated heterocycles. The van der Waals surface area contributed by atoms with Crippen LogP contribution in [0.4, 0.5) is 0 Å². The number of rotatable bonds is 3.